The predicted molar refractivity (Wildman–Crippen MR) is 83.5 cm³/mol. The quantitative estimate of drug-likeness (QED) is 0.824. The number of nitrogens with zero attached hydrogens (tertiary/aromatic N) is 1. The number of nitrogens with two attached hydrogens (primary N) is 1. The number of hydrogen-bond donors (Lipinski definition) is 2. The number of benzene rings is 2. The van der Waals surface area contributed by atoms with Gasteiger partial charge < -0.3 is 15.8 Å². The number of methoxy groups -OCH3 is 1. The number of halogens is 2. The Kier molecular flexibility index (Phi) is 5.45. The van der Waals surface area contributed by atoms with Crippen molar-refractivity contribution in [1.82, 2.24) is 5.32 Å². The van der Waals surface area contributed by atoms with Crippen LogP contribution in [0.15, 0.2) is 36.4 Å². The monoisotopic (exact) mass is 331 g/mol. The van der Waals surface area contributed by atoms with Crippen LogP contribution in [0.1, 0.15) is 22.8 Å². The summed E-state index contributed by atoms with van der Waals surface area (Å²) >= 11 is 0. The summed E-state index contributed by atoms with van der Waals surface area (Å²) in [6.45, 7) is 0.121. The van der Waals surface area contributed by atoms with E-state index in [1.165, 1.54) is 7.11 Å². The van der Waals surface area contributed by atoms with Crippen LogP contribution in [0, 0.1) is 23.0 Å². The van der Waals surface area contributed by atoms with E-state index in [0.29, 0.717) is 5.56 Å². The second-order valence-corrected chi connectivity index (χ2v) is 5.01. The van der Waals surface area contributed by atoms with Gasteiger partial charge in [-0.2, -0.15) is 5.26 Å². The average molecular weight is 331 g/mol. The predicted octanol–water partition coefficient (Wildman–Crippen LogP) is 2.42. The third kappa shape index (κ3) is 3.67. The molecule has 0 aliphatic heterocycles. The van der Waals surface area contributed by atoms with Crippen molar-refractivity contribution in [3.05, 3.63) is 64.7 Å². The molecule has 3 N–H and O–H groups in total. The number of hydrogen-bond acceptors (Lipinski definition) is 4. The first kappa shape index (κ1) is 17.4. The largest absolute Gasteiger partial charge is 0.396 e. The first-order chi connectivity index (χ1) is 11.5. The molecule has 0 bridgehead atoms. The van der Waals surface area contributed by atoms with Crippen molar-refractivity contribution in [3.8, 4) is 6.07 Å². The molecule has 0 saturated carbocycles. The van der Waals surface area contributed by atoms with Gasteiger partial charge in [0.15, 0.2) is 11.9 Å². The maximum atomic E-state index is 14.1. The molecule has 1 amide bonds. The van der Waals surface area contributed by atoms with Crippen LogP contribution >= 0.6 is 0 Å². The van der Waals surface area contributed by atoms with Gasteiger partial charge in [0.05, 0.1) is 22.9 Å². The SMILES string of the molecule is CO[C@H](C(=O)NCc1ccc(C#N)cc1)c1c(F)ccc(N)c1F. The van der Waals surface area contributed by atoms with Gasteiger partial charge in [0, 0.05) is 13.7 Å². The van der Waals surface area contributed by atoms with Gasteiger partial charge in [-0.25, -0.2) is 8.78 Å². The molecular formula is C17H15F2N3O2. The maximum Gasteiger partial charge on any atom is 0.254 e. The molecule has 2 aromatic carbocycles. The fourth-order valence-corrected chi connectivity index (χ4v) is 2.16. The normalized spacial score (nSPS) is 11.6. The zero-order valence-electron chi connectivity index (χ0n) is 12.8. The van der Waals surface area contributed by atoms with E-state index in [-0.39, 0.29) is 12.2 Å². The summed E-state index contributed by atoms with van der Waals surface area (Å²) in [5.41, 5.74) is 5.83. The number of carbonyl (C=O) groups is 1. The zero-order valence-corrected chi connectivity index (χ0v) is 12.8. The van der Waals surface area contributed by atoms with Crippen molar-refractivity contribution >= 4 is 11.6 Å². The van der Waals surface area contributed by atoms with E-state index in [0.717, 1.165) is 17.7 Å². The van der Waals surface area contributed by atoms with Crippen LogP contribution in [0.25, 0.3) is 0 Å². The van der Waals surface area contributed by atoms with Crippen LogP contribution in [0.5, 0.6) is 0 Å². The van der Waals surface area contributed by atoms with Gasteiger partial charge in [-0.1, -0.05) is 12.1 Å². The van der Waals surface area contributed by atoms with Gasteiger partial charge in [0.25, 0.3) is 5.91 Å². The molecule has 0 spiro atoms. The van der Waals surface area contributed by atoms with Gasteiger partial charge in [-0.3, -0.25) is 4.79 Å². The second kappa shape index (κ2) is 7.53. The standard InChI is InChI=1S/C17H15F2N3O2/c1-24-16(14-12(18)6-7-13(21)15(14)19)17(23)22-9-11-4-2-10(8-20)3-5-11/h2-7,16H,9,21H2,1H3,(H,22,23)/t16-/m0/s1. The highest BCUT2D eigenvalue weighted by atomic mass is 19.1. The summed E-state index contributed by atoms with van der Waals surface area (Å²) in [5, 5.41) is 11.3. The first-order valence-corrected chi connectivity index (χ1v) is 7.00. The first-order valence-electron chi connectivity index (χ1n) is 7.00. The molecule has 5 nitrogen and oxygen atoms in total. The van der Waals surface area contributed by atoms with E-state index in [2.05, 4.69) is 5.32 Å². The minimum absolute atomic E-state index is 0.121. The van der Waals surface area contributed by atoms with Crippen LogP contribution in [0.2, 0.25) is 0 Å². The van der Waals surface area contributed by atoms with Crippen molar-refractivity contribution in [2.24, 2.45) is 0 Å². The third-order valence-corrected chi connectivity index (χ3v) is 3.44. The van der Waals surface area contributed by atoms with E-state index in [9.17, 15) is 13.6 Å². The molecule has 0 fully saturated rings. The molecule has 2 aromatic rings. The Bertz CT molecular complexity index is 786. The van der Waals surface area contributed by atoms with Gasteiger partial charge >= 0.3 is 0 Å². The summed E-state index contributed by atoms with van der Waals surface area (Å²) in [7, 11) is 1.17. The molecule has 1 atom stereocenters. The molecule has 0 unspecified atom stereocenters. The van der Waals surface area contributed by atoms with Crippen molar-refractivity contribution in [2.45, 2.75) is 12.6 Å². The Labute approximate surface area is 137 Å². The van der Waals surface area contributed by atoms with E-state index in [1.807, 2.05) is 6.07 Å². The molecule has 0 aliphatic carbocycles. The van der Waals surface area contributed by atoms with E-state index < -0.39 is 29.2 Å². The lowest BCUT2D eigenvalue weighted by molar-refractivity contribution is -0.131. The number of amides is 1. The second-order valence-electron chi connectivity index (χ2n) is 5.01. The molecule has 2 rings (SSSR count). The Morgan fingerprint density at radius 1 is 1.29 bits per heavy atom. The fourth-order valence-electron chi connectivity index (χ4n) is 2.16. The number of ether oxygens (including phenoxy) is 1. The molecule has 24 heavy (non-hydrogen) atoms. The highest BCUT2D eigenvalue weighted by molar-refractivity contribution is 5.82. The number of rotatable bonds is 5. The van der Waals surface area contributed by atoms with Crippen molar-refractivity contribution in [3.63, 3.8) is 0 Å². The maximum absolute atomic E-state index is 14.1. The number of nitrogen functional groups attached to an aromatic ring is 1. The number of carbonyl (C=O) groups excluding carboxylic acids is 1. The van der Waals surface area contributed by atoms with Crippen molar-refractivity contribution in [1.29, 1.82) is 5.26 Å². The minimum Gasteiger partial charge on any atom is -0.396 e. The summed E-state index contributed by atoms with van der Waals surface area (Å²) in [5.74, 6) is -2.64. The van der Waals surface area contributed by atoms with Crippen LogP contribution in [0.3, 0.4) is 0 Å². The van der Waals surface area contributed by atoms with Crippen LogP contribution in [0.4, 0.5) is 14.5 Å². The molecule has 0 heterocycles. The Balaban J connectivity index is 2.15. The van der Waals surface area contributed by atoms with E-state index in [4.69, 9.17) is 15.7 Å². The topological polar surface area (TPSA) is 88.1 Å². The Hall–Kier alpha value is -2.98. The van der Waals surface area contributed by atoms with E-state index in [1.54, 1.807) is 24.3 Å². The van der Waals surface area contributed by atoms with Crippen molar-refractivity contribution < 1.29 is 18.3 Å². The van der Waals surface area contributed by atoms with Gasteiger partial charge in [-0.15, -0.1) is 0 Å². The number of nitrogens with one attached hydrogen (secondary N) is 1. The van der Waals surface area contributed by atoms with E-state index >= 15 is 0 Å². The average Bonchev–Trinajstić information content (AvgIpc) is 2.60. The highest BCUT2D eigenvalue weighted by Crippen LogP contribution is 2.27. The molecule has 0 aromatic heterocycles. The van der Waals surface area contributed by atoms with Gasteiger partial charge in [-0.05, 0) is 29.8 Å². The lowest BCUT2D eigenvalue weighted by Gasteiger charge is -2.17. The smallest absolute Gasteiger partial charge is 0.254 e. The fraction of sp³-hybridized carbons (Fsp3) is 0.176. The lowest BCUT2D eigenvalue weighted by atomic mass is 10.1. The Morgan fingerprint density at radius 2 is 1.96 bits per heavy atom. The number of anilines is 1. The molecule has 0 aliphatic rings. The van der Waals surface area contributed by atoms with Gasteiger partial charge in [0.2, 0.25) is 0 Å². The summed E-state index contributed by atoms with van der Waals surface area (Å²) in [6.07, 6.45) is -1.47. The third-order valence-electron chi connectivity index (χ3n) is 3.44. The molecule has 7 heteroatoms. The molecular weight excluding hydrogens is 316 g/mol. The minimum atomic E-state index is -1.47. The molecule has 0 saturated heterocycles. The van der Waals surface area contributed by atoms with Gasteiger partial charge in [0.1, 0.15) is 5.82 Å². The van der Waals surface area contributed by atoms with Crippen molar-refractivity contribution in [2.75, 3.05) is 12.8 Å². The lowest BCUT2D eigenvalue weighted by Crippen LogP contribution is -2.31. The summed E-state index contributed by atoms with van der Waals surface area (Å²) in [4.78, 5) is 12.2. The molecule has 124 valence electrons. The Morgan fingerprint density at radius 3 is 2.54 bits per heavy atom. The summed E-state index contributed by atoms with van der Waals surface area (Å²) < 4.78 is 32.9. The number of nitriles is 1. The highest BCUT2D eigenvalue weighted by Gasteiger charge is 2.28. The van der Waals surface area contributed by atoms with Crippen LogP contribution in [-0.4, -0.2) is 13.0 Å². The van der Waals surface area contributed by atoms with Crippen LogP contribution in [-0.2, 0) is 16.1 Å². The van der Waals surface area contributed by atoms with Crippen LogP contribution < -0.4 is 11.1 Å². The zero-order chi connectivity index (χ0) is 17.7. The summed E-state index contributed by atoms with van der Waals surface area (Å²) in [6, 6.07) is 10.6. The molecule has 0 radical (unpaired) electrons.